The van der Waals surface area contributed by atoms with Gasteiger partial charge in [-0.3, -0.25) is 4.79 Å². The molecule has 0 aliphatic carbocycles. The van der Waals surface area contributed by atoms with E-state index in [9.17, 15) is 4.79 Å². The van der Waals surface area contributed by atoms with Gasteiger partial charge < -0.3 is 20.9 Å². The molecule has 0 saturated carbocycles. The molecule has 0 heterocycles. The van der Waals surface area contributed by atoms with E-state index in [2.05, 4.69) is 64.1 Å². The van der Waals surface area contributed by atoms with E-state index >= 15 is 0 Å². The number of benzene rings is 6. The molecule has 5 heteroatoms. The number of carbonyl (C=O) groups is 1. The van der Waals surface area contributed by atoms with Gasteiger partial charge in [0.1, 0.15) is 23.0 Å². The van der Waals surface area contributed by atoms with Gasteiger partial charge in [0.25, 0.3) is 0 Å². The Bertz CT molecular complexity index is 1880. The van der Waals surface area contributed by atoms with Crippen LogP contribution >= 0.6 is 0 Å². The number of rotatable bonds is 10. The summed E-state index contributed by atoms with van der Waals surface area (Å²) in [4.78, 5) is 13.2. The van der Waals surface area contributed by atoms with Crippen LogP contribution in [0.1, 0.15) is 65.9 Å². The van der Waals surface area contributed by atoms with Crippen LogP contribution in [0.15, 0.2) is 146 Å². The molecule has 0 fully saturated rings. The van der Waals surface area contributed by atoms with Gasteiger partial charge in [0.2, 0.25) is 0 Å². The molecule has 0 aliphatic heterocycles. The molecular weight excluding hydrogens is 592 g/mol. The fraction of sp³-hybridized carbons (Fsp3) is 0.140. The van der Waals surface area contributed by atoms with Crippen LogP contribution in [-0.4, -0.2) is 5.78 Å². The Hall–Kier alpha value is -5.81. The van der Waals surface area contributed by atoms with Gasteiger partial charge in [-0.1, -0.05) is 76.2 Å². The Labute approximate surface area is 282 Å². The lowest BCUT2D eigenvalue weighted by atomic mass is 9.78. The average Bonchev–Trinajstić information content (AvgIpc) is 3.09. The number of ether oxygens (including phenoxy) is 2. The second-order valence-electron chi connectivity index (χ2n) is 13.1. The molecule has 0 aliphatic rings. The van der Waals surface area contributed by atoms with Crippen LogP contribution in [0.5, 0.6) is 23.0 Å². The standard InChI is InChI=1S/C43H40N2O3/c1-42(2,33-7-5-9-35(44)27-33)31-15-23-39(24-16-31)47-37-19-11-29(12-20-37)41(46)30-13-21-38(22-14-30)48-40-25-17-32(18-26-40)43(3,4)34-8-6-10-36(45)28-34/h5-28H,44-45H2,1-4H3. The monoisotopic (exact) mass is 632 g/mol. The summed E-state index contributed by atoms with van der Waals surface area (Å²) in [5, 5.41) is 0. The second kappa shape index (κ2) is 13.1. The highest BCUT2D eigenvalue weighted by atomic mass is 16.5. The summed E-state index contributed by atoms with van der Waals surface area (Å²) in [6.07, 6.45) is 0. The number of anilines is 2. The Morgan fingerprint density at radius 1 is 0.438 bits per heavy atom. The minimum Gasteiger partial charge on any atom is -0.457 e. The van der Waals surface area contributed by atoms with Gasteiger partial charge in [-0.2, -0.15) is 0 Å². The van der Waals surface area contributed by atoms with Crippen molar-refractivity contribution in [3.63, 3.8) is 0 Å². The van der Waals surface area contributed by atoms with E-state index in [1.165, 1.54) is 0 Å². The summed E-state index contributed by atoms with van der Waals surface area (Å²) in [6.45, 7) is 8.71. The van der Waals surface area contributed by atoms with E-state index in [0.717, 1.165) is 45.1 Å². The predicted octanol–water partition coefficient (Wildman–Crippen LogP) is 10.3. The largest absolute Gasteiger partial charge is 0.457 e. The molecule has 0 aromatic heterocycles. The van der Waals surface area contributed by atoms with E-state index < -0.39 is 0 Å². The first-order valence-electron chi connectivity index (χ1n) is 16.0. The van der Waals surface area contributed by atoms with Crippen molar-refractivity contribution in [2.45, 2.75) is 38.5 Å². The van der Waals surface area contributed by atoms with Crippen LogP contribution in [-0.2, 0) is 10.8 Å². The molecule has 5 nitrogen and oxygen atoms in total. The average molecular weight is 633 g/mol. The van der Waals surface area contributed by atoms with Crippen molar-refractivity contribution in [1.29, 1.82) is 0 Å². The summed E-state index contributed by atoms with van der Waals surface area (Å²) in [5.41, 5.74) is 18.9. The van der Waals surface area contributed by atoms with Crippen molar-refractivity contribution in [3.05, 3.63) is 179 Å². The maximum absolute atomic E-state index is 13.2. The van der Waals surface area contributed by atoms with Crippen LogP contribution in [0, 0.1) is 0 Å². The predicted molar refractivity (Wildman–Crippen MR) is 195 cm³/mol. The van der Waals surface area contributed by atoms with Crippen LogP contribution < -0.4 is 20.9 Å². The fourth-order valence-electron chi connectivity index (χ4n) is 5.86. The summed E-state index contributed by atoms with van der Waals surface area (Å²) in [7, 11) is 0. The zero-order valence-corrected chi connectivity index (χ0v) is 27.7. The molecule has 0 amide bonds. The van der Waals surface area contributed by atoms with Gasteiger partial charge in [-0.25, -0.2) is 0 Å². The van der Waals surface area contributed by atoms with Gasteiger partial charge in [-0.15, -0.1) is 0 Å². The third-order valence-corrected chi connectivity index (χ3v) is 9.07. The van der Waals surface area contributed by atoms with Crippen molar-refractivity contribution in [2.75, 3.05) is 11.5 Å². The molecule has 48 heavy (non-hydrogen) atoms. The third-order valence-electron chi connectivity index (χ3n) is 9.07. The van der Waals surface area contributed by atoms with Gasteiger partial charge in [-0.05, 0) is 119 Å². The van der Waals surface area contributed by atoms with Crippen LogP contribution in [0.4, 0.5) is 11.4 Å². The quantitative estimate of drug-likeness (QED) is 0.116. The summed E-state index contributed by atoms with van der Waals surface area (Å²) in [6, 6.07) is 46.5. The maximum Gasteiger partial charge on any atom is 0.193 e. The molecule has 0 saturated heterocycles. The summed E-state index contributed by atoms with van der Waals surface area (Å²) >= 11 is 0. The minimum absolute atomic E-state index is 0.0747. The minimum atomic E-state index is -0.206. The van der Waals surface area contributed by atoms with Gasteiger partial charge in [0.05, 0.1) is 0 Å². The van der Waals surface area contributed by atoms with Crippen molar-refractivity contribution in [2.24, 2.45) is 0 Å². The van der Waals surface area contributed by atoms with Crippen LogP contribution in [0.3, 0.4) is 0 Å². The molecule has 0 unspecified atom stereocenters. The molecule has 0 radical (unpaired) electrons. The van der Waals surface area contributed by atoms with E-state index in [0.29, 0.717) is 22.6 Å². The number of carbonyl (C=O) groups excluding carboxylic acids is 1. The number of nitrogen functional groups attached to an aromatic ring is 2. The Balaban J connectivity index is 1.06. The van der Waals surface area contributed by atoms with E-state index in [1.807, 2.05) is 84.9 Å². The molecule has 0 bridgehead atoms. The summed E-state index contributed by atoms with van der Waals surface area (Å²) < 4.78 is 12.2. The van der Waals surface area contributed by atoms with Crippen molar-refractivity contribution in [3.8, 4) is 23.0 Å². The topological polar surface area (TPSA) is 87.6 Å². The zero-order chi connectivity index (χ0) is 33.9. The Morgan fingerprint density at radius 3 is 1.06 bits per heavy atom. The Morgan fingerprint density at radius 2 is 0.750 bits per heavy atom. The van der Waals surface area contributed by atoms with Crippen LogP contribution in [0.25, 0.3) is 0 Å². The highest BCUT2D eigenvalue weighted by molar-refractivity contribution is 6.09. The Kier molecular flexibility index (Phi) is 8.79. The van der Waals surface area contributed by atoms with Crippen molar-refractivity contribution >= 4 is 17.2 Å². The number of hydrogen-bond acceptors (Lipinski definition) is 5. The van der Waals surface area contributed by atoms with E-state index in [4.69, 9.17) is 20.9 Å². The molecule has 4 N–H and O–H groups in total. The normalized spacial score (nSPS) is 11.6. The fourth-order valence-corrected chi connectivity index (χ4v) is 5.86. The number of nitrogens with two attached hydrogens (primary N) is 2. The summed E-state index contributed by atoms with van der Waals surface area (Å²) in [5.74, 6) is 2.67. The van der Waals surface area contributed by atoms with Gasteiger partial charge >= 0.3 is 0 Å². The molecule has 6 rings (SSSR count). The number of ketones is 1. The highest BCUT2D eigenvalue weighted by Gasteiger charge is 2.24. The maximum atomic E-state index is 13.2. The zero-order valence-electron chi connectivity index (χ0n) is 27.7. The van der Waals surface area contributed by atoms with Crippen molar-refractivity contribution in [1.82, 2.24) is 0 Å². The van der Waals surface area contributed by atoms with Gasteiger partial charge in [0.15, 0.2) is 5.78 Å². The first-order chi connectivity index (χ1) is 23.0. The smallest absolute Gasteiger partial charge is 0.193 e. The van der Waals surface area contributed by atoms with Crippen LogP contribution in [0.2, 0.25) is 0 Å². The first-order valence-corrected chi connectivity index (χ1v) is 16.0. The van der Waals surface area contributed by atoms with E-state index in [-0.39, 0.29) is 16.6 Å². The lowest BCUT2D eigenvalue weighted by Gasteiger charge is -2.26. The van der Waals surface area contributed by atoms with E-state index in [1.54, 1.807) is 24.3 Å². The second-order valence-corrected chi connectivity index (χ2v) is 13.1. The molecule has 0 atom stereocenters. The molecule has 0 spiro atoms. The number of hydrogen-bond donors (Lipinski definition) is 2. The SMILES string of the molecule is CC(C)(c1ccc(Oc2ccc(C(=O)c3ccc(Oc4ccc(C(C)(C)c5cccc(N)c5)cc4)cc3)cc2)cc1)c1cccc(N)c1. The molecular formula is C43H40N2O3. The van der Waals surface area contributed by atoms with Crippen molar-refractivity contribution < 1.29 is 14.3 Å². The highest BCUT2D eigenvalue weighted by Crippen LogP contribution is 2.35. The molecule has 240 valence electrons. The third kappa shape index (κ3) is 6.96. The molecule has 6 aromatic rings. The lowest BCUT2D eigenvalue weighted by molar-refractivity contribution is 0.103. The van der Waals surface area contributed by atoms with Gasteiger partial charge in [0, 0.05) is 33.3 Å². The first kappa shape index (κ1) is 32.1. The lowest BCUT2D eigenvalue weighted by Crippen LogP contribution is -2.18. The molecule has 6 aromatic carbocycles.